The van der Waals surface area contributed by atoms with Crippen molar-refractivity contribution in [3.05, 3.63) is 30.1 Å². The van der Waals surface area contributed by atoms with Gasteiger partial charge in [-0.25, -0.2) is 0 Å². The first-order chi connectivity index (χ1) is 9.48. The lowest BCUT2D eigenvalue weighted by atomic mass is 9.86. The Bertz CT molecular complexity index is 397. The molecule has 2 heterocycles. The van der Waals surface area contributed by atoms with E-state index in [1.807, 2.05) is 18.2 Å². The van der Waals surface area contributed by atoms with Crippen LogP contribution in [0.25, 0.3) is 0 Å². The van der Waals surface area contributed by atoms with Crippen molar-refractivity contribution >= 4 is 0 Å². The SMILES string of the molecule is CC(C)CC(C)N1CCC(O)(Cc2ccccn2)CC1. The van der Waals surface area contributed by atoms with Crippen LogP contribution < -0.4 is 0 Å². The zero-order valence-electron chi connectivity index (χ0n) is 13.0. The Morgan fingerprint density at radius 3 is 2.50 bits per heavy atom. The van der Waals surface area contributed by atoms with E-state index in [-0.39, 0.29) is 0 Å². The van der Waals surface area contributed by atoms with E-state index in [2.05, 4.69) is 30.7 Å². The van der Waals surface area contributed by atoms with Gasteiger partial charge < -0.3 is 10.0 Å². The fourth-order valence-electron chi connectivity index (χ4n) is 3.23. The smallest absolute Gasteiger partial charge is 0.0727 e. The summed E-state index contributed by atoms with van der Waals surface area (Å²) in [6.07, 6.45) is 5.43. The predicted octanol–water partition coefficient (Wildman–Crippen LogP) is 2.89. The summed E-state index contributed by atoms with van der Waals surface area (Å²) >= 11 is 0. The van der Waals surface area contributed by atoms with Crippen LogP contribution in [0.3, 0.4) is 0 Å². The van der Waals surface area contributed by atoms with Crippen molar-refractivity contribution in [3.8, 4) is 0 Å². The number of nitrogens with zero attached hydrogens (tertiary/aromatic N) is 2. The number of pyridine rings is 1. The van der Waals surface area contributed by atoms with Gasteiger partial charge >= 0.3 is 0 Å². The molecule has 0 aliphatic carbocycles. The highest BCUT2D eigenvalue weighted by atomic mass is 16.3. The van der Waals surface area contributed by atoms with E-state index in [4.69, 9.17) is 0 Å². The zero-order chi connectivity index (χ0) is 14.6. The van der Waals surface area contributed by atoms with Gasteiger partial charge in [0, 0.05) is 37.4 Å². The van der Waals surface area contributed by atoms with Crippen LogP contribution in [0.15, 0.2) is 24.4 Å². The molecule has 1 aliphatic rings. The van der Waals surface area contributed by atoms with Crippen molar-refractivity contribution in [3.63, 3.8) is 0 Å². The Hall–Kier alpha value is -0.930. The number of aliphatic hydroxyl groups is 1. The standard InChI is InChI=1S/C17H28N2O/c1-14(2)12-15(3)19-10-7-17(20,8-11-19)13-16-6-4-5-9-18-16/h4-6,9,14-15,20H,7-8,10-13H2,1-3H3. The van der Waals surface area contributed by atoms with Crippen LogP contribution in [0.5, 0.6) is 0 Å². The molecule has 0 aromatic carbocycles. The molecule has 1 fully saturated rings. The maximum atomic E-state index is 10.7. The molecule has 3 heteroatoms. The molecule has 1 N–H and O–H groups in total. The number of piperidine rings is 1. The summed E-state index contributed by atoms with van der Waals surface area (Å²) in [6.45, 7) is 8.85. The molecule has 1 aliphatic heterocycles. The van der Waals surface area contributed by atoms with Gasteiger partial charge in [-0.2, -0.15) is 0 Å². The molecule has 1 unspecified atom stereocenters. The fraction of sp³-hybridized carbons (Fsp3) is 0.706. The molecular weight excluding hydrogens is 248 g/mol. The summed E-state index contributed by atoms with van der Waals surface area (Å²) in [7, 11) is 0. The first-order valence-corrected chi connectivity index (χ1v) is 7.85. The maximum Gasteiger partial charge on any atom is 0.0727 e. The van der Waals surface area contributed by atoms with Gasteiger partial charge in [0.1, 0.15) is 0 Å². The maximum absolute atomic E-state index is 10.7. The van der Waals surface area contributed by atoms with Crippen LogP contribution >= 0.6 is 0 Å². The van der Waals surface area contributed by atoms with Crippen molar-refractivity contribution in [1.29, 1.82) is 0 Å². The monoisotopic (exact) mass is 276 g/mol. The molecule has 1 saturated heterocycles. The first kappa shape index (κ1) is 15.5. The van der Waals surface area contributed by atoms with Crippen molar-refractivity contribution in [2.45, 2.75) is 58.1 Å². The summed E-state index contributed by atoms with van der Waals surface area (Å²) in [6, 6.07) is 6.54. The Morgan fingerprint density at radius 2 is 1.95 bits per heavy atom. The summed E-state index contributed by atoms with van der Waals surface area (Å²) in [4.78, 5) is 6.86. The molecule has 0 spiro atoms. The van der Waals surface area contributed by atoms with Crippen LogP contribution in [0.4, 0.5) is 0 Å². The van der Waals surface area contributed by atoms with E-state index in [0.29, 0.717) is 12.5 Å². The van der Waals surface area contributed by atoms with E-state index in [9.17, 15) is 5.11 Å². The molecular formula is C17H28N2O. The molecule has 0 bridgehead atoms. The number of likely N-dealkylation sites (tertiary alicyclic amines) is 1. The highest BCUT2D eigenvalue weighted by Gasteiger charge is 2.34. The minimum atomic E-state index is -0.567. The average Bonchev–Trinajstić information content (AvgIpc) is 2.39. The molecule has 112 valence electrons. The number of aromatic nitrogens is 1. The fourth-order valence-corrected chi connectivity index (χ4v) is 3.23. The second kappa shape index (κ2) is 6.68. The lowest BCUT2D eigenvalue weighted by Gasteiger charge is -2.41. The van der Waals surface area contributed by atoms with Crippen molar-refractivity contribution in [2.75, 3.05) is 13.1 Å². The molecule has 20 heavy (non-hydrogen) atoms. The van der Waals surface area contributed by atoms with Gasteiger partial charge in [-0.15, -0.1) is 0 Å². The Kier molecular flexibility index (Phi) is 5.17. The lowest BCUT2D eigenvalue weighted by molar-refractivity contribution is -0.0310. The molecule has 0 amide bonds. The predicted molar refractivity (Wildman–Crippen MR) is 82.6 cm³/mol. The first-order valence-electron chi connectivity index (χ1n) is 7.85. The minimum absolute atomic E-state index is 0.567. The number of hydrogen-bond acceptors (Lipinski definition) is 3. The van der Waals surface area contributed by atoms with E-state index in [1.54, 1.807) is 6.20 Å². The van der Waals surface area contributed by atoms with Crippen LogP contribution in [0.2, 0.25) is 0 Å². The van der Waals surface area contributed by atoms with Gasteiger partial charge in [0.15, 0.2) is 0 Å². The van der Waals surface area contributed by atoms with Crippen LogP contribution in [0.1, 0.15) is 45.7 Å². The van der Waals surface area contributed by atoms with Gasteiger partial charge in [-0.1, -0.05) is 19.9 Å². The second-order valence-corrected chi connectivity index (χ2v) is 6.74. The van der Waals surface area contributed by atoms with E-state index >= 15 is 0 Å². The molecule has 3 nitrogen and oxygen atoms in total. The Labute approximate surface area is 123 Å². The van der Waals surface area contributed by atoms with E-state index in [0.717, 1.165) is 37.5 Å². The highest BCUT2D eigenvalue weighted by Crippen LogP contribution is 2.27. The summed E-state index contributed by atoms with van der Waals surface area (Å²) in [5.41, 5.74) is 0.432. The second-order valence-electron chi connectivity index (χ2n) is 6.74. The van der Waals surface area contributed by atoms with Gasteiger partial charge in [0.25, 0.3) is 0 Å². The van der Waals surface area contributed by atoms with Crippen molar-refractivity contribution in [1.82, 2.24) is 9.88 Å². The Balaban J connectivity index is 1.86. The van der Waals surface area contributed by atoms with Crippen LogP contribution in [-0.4, -0.2) is 39.7 Å². The third kappa shape index (κ3) is 4.29. The highest BCUT2D eigenvalue weighted by molar-refractivity contribution is 5.08. The normalized spacial score (nSPS) is 21.1. The molecule has 2 rings (SSSR count). The average molecular weight is 276 g/mol. The third-order valence-electron chi connectivity index (χ3n) is 4.40. The summed E-state index contributed by atoms with van der Waals surface area (Å²) < 4.78 is 0. The van der Waals surface area contributed by atoms with Crippen molar-refractivity contribution < 1.29 is 5.11 Å². The summed E-state index contributed by atoms with van der Waals surface area (Å²) in [5.74, 6) is 0.735. The largest absolute Gasteiger partial charge is 0.389 e. The topological polar surface area (TPSA) is 36.4 Å². The lowest BCUT2D eigenvalue weighted by Crippen LogP contribution is -2.48. The van der Waals surface area contributed by atoms with E-state index in [1.165, 1.54) is 6.42 Å². The van der Waals surface area contributed by atoms with Gasteiger partial charge in [0.05, 0.1) is 5.60 Å². The van der Waals surface area contributed by atoms with Gasteiger partial charge in [-0.05, 0) is 44.2 Å². The van der Waals surface area contributed by atoms with Crippen LogP contribution in [0, 0.1) is 5.92 Å². The third-order valence-corrected chi connectivity index (χ3v) is 4.40. The van der Waals surface area contributed by atoms with Gasteiger partial charge in [-0.3, -0.25) is 4.98 Å². The molecule has 1 atom stereocenters. The number of hydrogen-bond donors (Lipinski definition) is 1. The minimum Gasteiger partial charge on any atom is -0.389 e. The van der Waals surface area contributed by atoms with E-state index < -0.39 is 5.60 Å². The number of rotatable bonds is 5. The quantitative estimate of drug-likeness (QED) is 0.898. The molecule has 1 aromatic rings. The molecule has 1 aromatic heterocycles. The summed E-state index contributed by atoms with van der Waals surface area (Å²) in [5, 5.41) is 10.7. The molecule has 0 saturated carbocycles. The zero-order valence-corrected chi connectivity index (χ0v) is 13.0. The van der Waals surface area contributed by atoms with Crippen molar-refractivity contribution in [2.24, 2.45) is 5.92 Å². The Morgan fingerprint density at radius 1 is 1.25 bits per heavy atom. The van der Waals surface area contributed by atoms with Gasteiger partial charge in [0.2, 0.25) is 0 Å². The molecule has 0 radical (unpaired) electrons. The van der Waals surface area contributed by atoms with Crippen LogP contribution in [-0.2, 0) is 6.42 Å².